The van der Waals surface area contributed by atoms with Crippen LogP contribution >= 0.6 is 11.6 Å². The Labute approximate surface area is 170 Å². The molecular weight excluding hydrogens is 402 g/mol. The van der Waals surface area contributed by atoms with Gasteiger partial charge in [-0.2, -0.15) is 5.10 Å². The van der Waals surface area contributed by atoms with Gasteiger partial charge in [0.2, 0.25) is 10.0 Å². The fraction of sp³-hybridized carbons (Fsp3) is 0.263. The summed E-state index contributed by atoms with van der Waals surface area (Å²) in [7, 11) is -3.71. The van der Waals surface area contributed by atoms with Gasteiger partial charge in [-0.3, -0.25) is 9.10 Å². The minimum absolute atomic E-state index is 0.351. The van der Waals surface area contributed by atoms with E-state index in [0.717, 1.165) is 10.6 Å². The van der Waals surface area contributed by atoms with Gasteiger partial charge in [0, 0.05) is 10.6 Å². The molecule has 0 saturated carbocycles. The fourth-order valence-corrected chi connectivity index (χ4v) is 3.86. The molecule has 0 spiro atoms. The average Bonchev–Trinajstić information content (AvgIpc) is 2.64. The first-order chi connectivity index (χ1) is 13.2. The van der Waals surface area contributed by atoms with Crippen LogP contribution in [-0.2, 0) is 14.8 Å². The normalized spacial score (nSPS) is 12.6. The molecule has 0 aliphatic carbocycles. The van der Waals surface area contributed by atoms with Gasteiger partial charge >= 0.3 is 0 Å². The highest BCUT2D eigenvalue weighted by atomic mass is 35.5. The second kappa shape index (κ2) is 9.57. The lowest BCUT2D eigenvalue weighted by atomic mass is 10.2. The van der Waals surface area contributed by atoms with E-state index in [-0.39, 0.29) is 0 Å². The lowest BCUT2D eigenvalue weighted by molar-refractivity contribution is -0.121. The number of rotatable bonds is 8. The third-order valence-corrected chi connectivity index (χ3v) is 5.36. The molecule has 7 nitrogen and oxygen atoms in total. The predicted molar refractivity (Wildman–Crippen MR) is 112 cm³/mol. The SMILES string of the molecule is CCOc1ccc(N([C@H](C)C(=O)N/N=C\c2ccccc2Cl)S(C)(=O)=O)cc1. The molecule has 150 valence electrons. The molecule has 9 heteroatoms. The maximum absolute atomic E-state index is 12.5. The van der Waals surface area contributed by atoms with Gasteiger partial charge in [-0.15, -0.1) is 0 Å². The van der Waals surface area contributed by atoms with Crippen molar-refractivity contribution in [3.63, 3.8) is 0 Å². The van der Waals surface area contributed by atoms with Gasteiger partial charge in [-0.1, -0.05) is 29.8 Å². The number of hydrogen-bond acceptors (Lipinski definition) is 5. The lowest BCUT2D eigenvalue weighted by Gasteiger charge is -2.27. The van der Waals surface area contributed by atoms with Crippen molar-refractivity contribution in [2.24, 2.45) is 5.10 Å². The van der Waals surface area contributed by atoms with Gasteiger partial charge < -0.3 is 4.74 Å². The van der Waals surface area contributed by atoms with Gasteiger partial charge in [-0.25, -0.2) is 13.8 Å². The molecule has 0 aromatic heterocycles. The van der Waals surface area contributed by atoms with Gasteiger partial charge in [0.15, 0.2) is 0 Å². The minimum atomic E-state index is -3.71. The lowest BCUT2D eigenvalue weighted by Crippen LogP contribution is -2.46. The number of nitrogens with one attached hydrogen (secondary N) is 1. The van der Waals surface area contributed by atoms with Crippen molar-refractivity contribution in [1.82, 2.24) is 5.43 Å². The number of benzene rings is 2. The molecule has 28 heavy (non-hydrogen) atoms. The van der Waals surface area contributed by atoms with E-state index in [0.29, 0.717) is 28.6 Å². The average molecular weight is 424 g/mol. The molecule has 0 heterocycles. The van der Waals surface area contributed by atoms with E-state index in [1.807, 2.05) is 6.92 Å². The van der Waals surface area contributed by atoms with E-state index >= 15 is 0 Å². The van der Waals surface area contributed by atoms with Crippen LogP contribution in [0.25, 0.3) is 0 Å². The van der Waals surface area contributed by atoms with Crippen LogP contribution in [0, 0.1) is 0 Å². The zero-order valence-electron chi connectivity index (χ0n) is 15.8. The van der Waals surface area contributed by atoms with Gasteiger partial charge in [-0.05, 0) is 44.2 Å². The van der Waals surface area contributed by atoms with Crippen molar-refractivity contribution in [2.45, 2.75) is 19.9 Å². The molecule has 0 bridgehead atoms. The van der Waals surface area contributed by atoms with Gasteiger partial charge in [0.25, 0.3) is 5.91 Å². The third-order valence-electron chi connectivity index (χ3n) is 3.77. The van der Waals surface area contributed by atoms with Gasteiger partial charge in [0.05, 0.1) is 24.8 Å². The summed E-state index contributed by atoms with van der Waals surface area (Å²) in [4.78, 5) is 12.5. The Bertz CT molecular complexity index is 946. The summed E-state index contributed by atoms with van der Waals surface area (Å²) in [6.07, 6.45) is 2.44. The van der Waals surface area contributed by atoms with Crippen LogP contribution in [0.4, 0.5) is 5.69 Å². The van der Waals surface area contributed by atoms with Crippen molar-refractivity contribution < 1.29 is 17.9 Å². The van der Waals surface area contributed by atoms with Crippen LogP contribution in [0.5, 0.6) is 5.75 Å². The molecule has 2 rings (SSSR count). The molecule has 0 saturated heterocycles. The smallest absolute Gasteiger partial charge is 0.263 e. The molecule has 2 aromatic carbocycles. The van der Waals surface area contributed by atoms with E-state index in [2.05, 4.69) is 10.5 Å². The predicted octanol–water partition coefficient (Wildman–Crippen LogP) is 3.04. The highest BCUT2D eigenvalue weighted by Crippen LogP contribution is 2.24. The molecule has 0 aliphatic rings. The number of nitrogens with zero attached hydrogens (tertiary/aromatic N) is 2. The number of sulfonamides is 1. The van der Waals surface area contributed by atoms with Crippen LogP contribution in [0.3, 0.4) is 0 Å². The number of carbonyl (C=O) groups excluding carboxylic acids is 1. The van der Waals surface area contributed by atoms with Crippen LogP contribution in [-0.4, -0.2) is 39.4 Å². The maximum Gasteiger partial charge on any atom is 0.263 e. The Kier molecular flexibility index (Phi) is 7.42. The van der Waals surface area contributed by atoms with E-state index in [1.165, 1.54) is 13.1 Å². The topological polar surface area (TPSA) is 88.1 Å². The Hall–Kier alpha value is -2.58. The third kappa shape index (κ3) is 5.71. The molecule has 1 atom stereocenters. The number of amides is 1. The first-order valence-corrected chi connectivity index (χ1v) is 10.8. The van der Waals surface area contributed by atoms with Crippen molar-refractivity contribution in [3.8, 4) is 5.75 Å². The zero-order valence-corrected chi connectivity index (χ0v) is 17.4. The van der Waals surface area contributed by atoms with Crippen molar-refractivity contribution >= 4 is 39.4 Å². The first kappa shape index (κ1) is 21.7. The van der Waals surface area contributed by atoms with Gasteiger partial charge in [0.1, 0.15) is 11.8 Å². The standard InChI is InChI=1S/C19H22ClN3O4S/c1-4-27-17-11-9-16(10-12-17)23(28(3,25)26)14(2)19(24)22-21-13-15-7-5-6-8-18(15)20/h5-14H,4H2,1-3H3,(H,22,24)/b21-13-/t14-/m1/s1. The summed E-state index contributed by atoms with van der Waals surface area (Å²) in [5, 5.41) is 4.36. The second-order valence-corrected chi connectivity index (χ2v) is 8.18. The molecule has 0 unspecified atom stereocenters. The molecule has 2 aromatic rings. The summed E-state index contributed by atoms with van der Waals surface area (Å²) in [6, 6.07) is 12.5. The number of anilines is 1. The highest BCUT2D eigenvalue weighted by Gasteiger charge is 2.29. The quantitative estimate of drug-likeness (QED) is 0.522. The second-order valence-electron chi connectivity index (χ2n) is 5.92. The van der Waals surface area contributed by atoms with E-state index in [9.17, 15) is 13.2 Å². The Morgan fingerprint density at radius 2 is 1.89 bits per heavy atom. The molecule has 1 amide bonds. The summed E-state index contributed by atoms with van der Waals surface area (Å²) in [5.74, 6) is 0.0313. The fourth-order valence-electron chi connectivity index (χ4n) is 2.50. The monoisotopic (exact) mass is 423 g/mol. The van der Waals surface area contributed by atoms with Crippen LogP contribution in [0.1, 0.15) is 19.4 Å². The van der Waals surface area contributed by atoms with E-state index in [4.69, 9.17) is 16.3 Å². The number of hydrogen-bond donors (Lipinski definition) is 1. The van der Waals surface area contributed by atoms with Crippen molar-refractivity contribution in [3.05, 3.63) is 59.1 Å². The van der Waals surface area contributed by atoms with Crippen LogP contribution in [0.15, 0.2) is 53.6 Å². The maximum atomic E-state index is 12.5. The van der Waals surface area contributed by atoms with Crippen molar-refractivity contribution in [2.75, 3.05) is 17.2 Å². The van der Waals surface area contributed by atoms with E-state index < -0.39 is 22.0 Å². The Balaban J connectivity index is 2.17. The number of halogens is 1. The summed E-state index contributed by atoms with van der Waals surface area (Å²) in [6.45, 7) is 3.83. The number of ether oxygens (including phenoxy) is 1. The molecule has 0 radical (unpaired) electrons. The largest absolute Gasteiger partial charge is 0.494 e. The molecular formula is C19H22ClN3O4S. The molecule has 0 aliphatic heterocycles. The van der Waals surface area contributed by atoms with Crippen LogP contribution in [0.2, 0.25) is 5.02 Å². The Morgan fingerprint density at radius 3 is 2.46 bits per heavy atom. The minimum Gasteiger partial charge on any atom is -0.494 e. The summed E-state index contributed by atoms with van der Waals surface area (Å²) >= 11 is 6.03. The van der Waals surface area contributed by atoms with Crippen LogP contribution < -0.4 is 14.5 Å². The summed E-state index contributed by atoms with van der Waals surface area (Å²) < 4.78 is 31.0. The first-order valence-electron chi connectivity index (χ1n) is 8.53. The van der Waals surface area contributed by atoms with Crippen molar-refractivity contribution in [1.29, 1.82) is 0 Å². The number of hydrazone groups is 1. The summed E-state index contributed by atoms with van der Waals surface area (Å²) in [5.41, 5.74) is 3.33. The van der Waals surface area contributed by atoms with E-state index in [1.54, 1.807) is 48.5 Å². The molecule has 1 N–H and O–H groups in total. The molecule has 0 fully saturated rings. The number of carbonyl (C=O) groups is 1. The zero-order chi connectivity index (χ0) is 20.7. The Morgan fingerprint density at radius 1 is 1.25 bits per heavy atom. The highest BCUT2D eigenvalue weighted by molar-refractivity contribution is 7.92.